The highest BCUT2D eigenvalue weighted by Crippen LogP contribution is 2.25. The lowest BCUT2D eigenvalue weighted by molar-refractivity contribution is 0.524. The zero-order valence-electron chi connectivity index (χ0n) is 13.3. The minimum absolute atomic E-state index is 0.332. The molecule has 0 amide bonds. The second-order valence-electron chi connectivity index (χ2n) is 5.55. The van der Waals surface area contributed by atoms with Crippen molar-refractivity contribution in [1.29, 1.82) is 0 Å². The highest BCUT2D eigenvalue weighted by Gasteiger charge is 2.20. The molecule has 1 N–H and O–H groups in total. The summed E-state index contributed by atoms with van der Waals surface area (Å²) in [6, 6.07) is 9.14. The van der Waals surface area contributed by atoms with Crippen molar-refractivity contribution >= 4 is 22.6 Å². The topological polar surface area (TPSA) is 29.9 Å². The average Bonchev–Trinajstić information content (AvgIpc) is 2.71. The SMILES string of the molecule is CCCNC(Cc1ccc(I)cc1)c1c(C)nn(C)c1C. The summed E-state index contributed by atoms with van der Waals surface area (Å²) in [5, 5.41) is 8.26. The summed E-state index contributed by atoms with van der Waals surface area (Å²) < 4.78 is 3.27. The molecule has 3 nitrogen and oxygen atoms in total. The van der Waals surface area contributed by atoms with Gasteiger partial charge in [0.15, 0.2) is 0 Å². The zero-order valence-corrected chi connectivity index (χ0v) is 15.4. The number of rotatable bonds is 6. The van der Waals surface area contributed by atoms with Crippen LogP contribution in [0.4, 0.5) is 0 Å². The Bertz CT molecular complexity index is 587. The highest BCUT2D eigenvalue weighted by atomic mass is 127. The van der Waals surface area contributed by atoms with Crippen LogP contribution in [0.25, 0.3) is 0 Å². The maximum Gasteiger partial charge on any atom is 0.0644 e. The number of nitrogens with zero attached hydrogens (tertiary/aromatic N) is 2. The largest absolute Gasteiger partial charge is 0.310 e. The van der Waals surface area contributed by atoms with Crippen LogP contribution in [-0.4, -0.2) is 16.3 Å². The molecule has 0 aliphatic carbocycles. The molecule has 0 saturated heterocycles. The first-order valence-corrected chi connectivity index (χ1v) is 8.58. The summed E-state index contributed by atoms with van der Waals surface area (Å²) in [4.78, 5) is 0. The predicted octanol–water partition coefficient (Wildman–Crippen LogP) is 3.92. The Morgan fingerprint density at radius 3 is 2.43 bits per heavy atom. The summed E-state index contributed by atoms with van der Waals surface area (Å²) in [6.45, 7) is 7.50. The van der Waals surface area contributed by atoms with Crippen LogP contribution in [-0.2, 0) is 13.5 Å². The number of hydrogen-bond donors (Lipinski definition) is 1. The molecule has 0 saturated carbocycles. The molecule has 0 spiro atoms. The fraction of sp³-hybridized carbons (Fsp3) is 0.471. The molecule has 21 heavy (non-hydrogen) atoms. The second-order valence-corrected chi connectivity index (χ2v) is 6.79. The molecule has 2 rings (SSSR count). The Kier molecular flexibility index (Phi) is 5.81. The van der Waals surface area contributed by atoms with Gasteiger partial charge in [-0.3, -0.25) is 4.68 Å². The van der Waals surface area contributed by atoms with Gasteiger partial charge in [-0.25, -0.2) is 0 Å². The summed E-state index contributed by atoms with van der Waals surface area (Å²) in [6.07, 6.45) is 2.14. The van der Waals surface area contributed by atoms with E-state index < -0.39 is 0 Å². The standard InChI is InChI=1S/C17H24IN3/c1-5-10-19-16(11-14-6-8-15(18)9-7-14)17-12(2)20-21(4)13(17)3/h6-9,16,19H,5,10-11H2,1-4H3. The lowest BCUT2D eigenvalue weighted by Crippen LogP contribution is -2.25. The predicted molar refractivity (Wildman–Crippen MR) is 96.6 cm³/mol. The number of nitrogens with one attached hydrogen (secondary N) is 1. The molecule has 1 aromatic heterocycles. The van der Waals surface area contributed by atoms with Crippen molar-refractivity contribution in [2.24, 2.45) is 7.05 Å². The van der Waals surface area contributed by atoms with E-state index in [9.17, 15) is 0 Å². The fourth-order valence-corrected chi connectivity index (χ4v) is 3.10. The summed E-state index contributed by atoms with van der Waals surface area (Å²) in [7, 11) is 2.02. The fourth-order valence-electron chi connectivity index (χ4n) is 2.75. The van der Waals surface area contributed by atoms with Crippen molar-refractivity contribution in [2.45, 2.75) is 39.7 Å². The quantitative estimate of drug-likeness (QED) is 0.749. The zero-order chi connectivity index (χ0) is 15.4. The third-order valence-corrected chi connectivity index (χ3v) is 4.63. The van der Waals surface area contributed by atoms with Crippen molar-refractivity contribution < 1.29 is 0 Å². The van der Waals surface area contributed by atoms with E-state index in [-0.39, 0.29) is 0 Å². The van der Waals surface area contributed by atoms with Gasteiger partial charge in [-0.1, -0.05) is 19.1 Å². The molecule has 0 aliphatic rings. The normalized spacial score (nSPS) is 12.6. The van der Waals surface area contributed by atoms with Gasteiger partial charge >= 0.3 is 0 Å². The maximum atomic E-state index is 4.57. The molecule has 1 atom stereocenters. The number of aryl methyl sites for hydroxylation is 2. The van der Waals surface area contributed by atoms with Crippen LogP contribution in [0, 0.1) is 17.4 Å². The van der Waals surface area contributed by atoms with E-state index in [2.05, 4.69) is 78.0 Å². The minimum atomic E-state index is 0.332. The van der Waals surface area contributed by atoms with Crippen molar-refractivity contribution in [2.75, 3.05) is 6.54 Å². The van der Waals surface area contributed by atoms with Gasteiger partial charge in [-0.2, -0.15) is 5.10 Å². The van der Waals surface area contributed by atoms with E-state index in [1.54, 1.807) is 0 Å². The van der Waals surface area contributed by atoms with Gasteiger partial charge in [0.05, 0.1) is 5.69 Å². The molecule has 1 unspecified atom stereocenters. The summed E-state index contributed by atoms with van der Waals surface area (Å²) in [5.41, 5.74) is 5.11. The molecule has 114 valence electrons. The summed E-state index contributed by atoms with van der Waals surface area (Å²) in [5.74, 6) is 0. The Morgan fingerprint density at radius 2 is 1.90 bits per heavy atom. The van der Waals surface area contributed by atoms with E-state index in [0.29, 0.717) is 6.04 Å². The van der Waals surface area contributed by atoms with Crippen LogP contribution >= 0.6 is 22.6 Å². The van der Waals surface area contributed by atoms with Gasteiger partial charge in [0.25, 0.3) is 0 Å². The van der Waals surface area contributed by atoms with E-state index in [1.165, 1.54) is 20.4 Å². The second kappa shape index (κ2) is 7.40. The molecule has 0 radical (unpaired) electrons. The maximum absolute atomic E-state index is 4.57. The van der Waals surface area contributed by atoms with E-state index in [1.807, 2.05) is 11.7 Å². The van der Waals surface area contributed by atoms with Crippen LogP contribution in [0.5, 0.6) is 0 Å². The number of hydrogen-bond acceptors (Lipinski definition) is 2. The first-order chi connectivity index (χ1) is 10.0. The van der Waals surface area contributed by atoms with Crippen LogP contribution < -0.4 is 5.32 Å². The molecule has 0 fully saturated rings. The first kappa shape index (κ1) is 16.5. The van der Waals surface area contributed by atoms with Crippen molar-refractivity contribution in [3.63, 3.8) is 0 Å². The monoisotopic (exact) mass is 397 g/mol. The summed E-state index contributed by atoms with van der Waals surface area (Å²) >= 11 is 2.35. The molecule has 1 aromatic carbocycles. The van der Waals surface area contributed by atoms with Crippen LogP contribution in [0.2, 0.25) is 0 Å². The van der Waals surface area contributed by atoms with Gasteiger partial charge in [-0.05, 0) is 73.5 Å². The number of aromatic nitrogens is 2. The lowest BCUT2D eigenvalue weighted by atomic mass is 9.97. The third-order valence-electron chi connectivity index (χ3n) is 3.91. The Labute approximate surface area is 141 Å². The molecule has 2 aromatic rings. The smallest absolute Gasteiger partial charge is 0.0644 e. The molecule has 1 heterocycles. The van der Waals surface area contributed by atoms with Crippen molar-refractivity contribution in [3.05, 3.63) is 50.4 Å². The van der Waals surface area contributed by atoms with Crippen molar-refractivity contribution in [3.8, 4) is 0 Å². The molecular formula is C17H24IN3. The number of halogens is 1. The minimum Gasteiger partial charge on any atom is -0.310 e. The van der Waals surface area contributed by atoms with Crippen molar-refractivity contribution in [1.82, 2.24) is 15.1 Å². The Morgan fingerprint density at radius 1 is 1.24 bits per heavy atom. The Hall–Kier alpha value is -0.880. The van der Waals surface area contributed by atoms with Gasteiger partial charge < -0.3 is 5.32 Å². The van der Waals surface area contributed by atoms with Gasteiger partial charge in [0.1, 0.15) is 0 Å². The molecular weight excluding hydrogens is 373 g/mol. The van der Waals surface area contributed by atoms with Gasteiger partial charge in [0, 0.05) is 27.9 Å². The van der Waals surface area contributed by atoms with E-state index >= 15 is 0 Å². The van der Waals surface area contributed by atoms with Crippen LogP contribution in [0.1, 0.15) is 41.9 Å². The number of benzene rings is 1. The van der Waals surface area contributed by atoms with E-state index in [0.717, 1.165) is 25.1 Å². The molecule has 4 heteroatoms. The van der Waals surface area contributed by atoms with Crippen LogP contribution in [0.3, 0.4) is 0 Å². The first-order valence-electron chi connectivity index (χ1n) is 7.50. The lowest BCUT2D eigenvalue weighted by Gasteiger charge is -2.20. The van der Waals surface area contributed by atoms with Gasteiger partial charge in [0.2, 0.25) is 0 Å². The van der Waals surface area contributed by atoms with E-state index in [4.69, 9.17) is 0 Å². The third kappa shape index (κ3) is 4.07. The molecule has 0 aliphatic heterocycles. The van der Waals surface area contributed by atoms with Crippen LogP contribution in [0.15, 0.2) is 24.3 Å². The highest BCUT2D eigenvalue weighted by molar-refractivity contribution is 14.1. The van der Waals surface area contributed by atoms with Gasteiger partial charge in [-0.15, -0.1) is 0 Å². The Balaban J connectivity index is 2.27. The molecule has 0 bridgehead atoms. The average molecular weight is 397 g/mol.